The third kappa shape index (κ3) is 2.59. The predicted molar refractivity (Wildman–Crippen MR) is 84.0 cm³/mol. The van der Waals surface area contributed by atoms with Crippen molar-refractivity contribution in [2.24, 2.45) is 0 Å². The van der Waals surface area contributed by atoms with Crippen LogP contribution in [0.15, 0.2) is 30.3 Å². The molecule has 0 N–H and O–H groups in total. The Balaban J connectivity index is 2.43. The second-order valence-electron chi connectivity index (χ2n) is 5.16. The van der Waals surface area contributed by atoms with Crippen molar-refractivity contribution < 1.29 is 9.59 Å². The molecule has 2 rings (SSSR count). The zero-order chi connectivity index (χ0) is 14.2. The number of para-hydroxylation sites is 1. The quantitative estimate of drug-likeness (QED) is 0.635. The molecule has 1 aliphatic rings. The summed E-state index contributed by atoms with van der Waals surface area (Å²) in [4.78, 5) is 26.6. The molecule has 1 aliphatic heterocycles. The molecule has 5 heteroatoms. The lowest BCUT2D eigenvalue weighted by Gasteiger charge is -2.21. The van der Waals surface area contributed by atoms with Gasteiger partial charge in [-0.05, 0) is 38.8 Å². The first-order valence-corrected chi connectivity index (χ1v) is 10.8. The van der Waals surface area contributed by atoms with Crippen molar-refractivity contribution in [3.63, 3.8) is 0 Å². The van der Waals surface area contributed by atoms with E-state index in [1.165, 1.54) is 4.90 Å². The van der Waals surface area contributed by atoms with Crippen LogP contribution in [0.5, 0.6) is 0 Å². The van der Waals surface area contributed by atoms with E-state index in [4.69, 9.17) is 0 Å². The number of hydrogen-bond acceptors (Lipinski definition) is 2. The van der Waals surface area contributed by atoms with Crippen LogP contribution in [0.2, 0.25) is 0 Å². The number of hydrogen-bond donors (Lipinski definition) is 0. The van der Waals surface area contributed by atoms with E-state index in [9.17, 15) is 9.59 Å². The van der Waals surface area contributed by atoms with Crippen molar-refractivity contribution in [2.45, 2.75) is 11.3 Å². The zero-order valence-electron chi connectivity index (χ0n) is 11.7. The summed E-state index contributed by atoms with van der Waals surface area (Å²) in [6.45, 7) is 8.36. The Kier molecular flexibility index (Phi) is 4.38. The van der Waals surface area contributed by atoms with Gasteiger partial charge in [0.1, 0.15) is 0 Å². The van der Waals surface area contributed by atoms with Crippen LogP contribution in [0, 0.1) is 0 Å². The lowest BCUT2D eigenvalue weighted by Crippen LogP contribution is -2.31. The molecule has 1 fully saturated rings. The van der Waals surface area contributed by atoms with Gasteiger partial charge in [0.05, 0.1) is 17.0 Å². The highest BCUT2D eigenvalue weighted by atomic mass is 31.1. The van der Waals surface area contributed by atoms with Gasteiger partial charge < -0.3 is 0 Å². The second kappa shape index (κ2) is 5.69. The summed E-state index contributed by atoms with van der Waals surface area (Å²) in [6, 6.07) is 9.27. The molecule has 1 saturated heterocycles. The maximum Gasteiger partial charge on any atom is 0.242 e. The standard InChI is InChI=1S/C14H19NO2P2/c1-18(2)11-12(19(3)4)14(17)15(13(11)16)10-8-6-5-7-9-10/h5-9,11-12H,1-4H3. The minimum absolute atomic E-state index is 0.00601. The predicted octanol–water partition coefficient (Wildman–Crippen LogP) is 2.78. The normalized spacial score (nSPS) is 23.8. The molecule has 1 aromatic carbocycles. The van der Waals surface area contributed by atoms with Gasteiger partial charge >= 0.3 is 0 Å². The minimum atomic E-state index is -0.452. The van der Waals surface area contributed by atoms with Crippen molar-refractivity contribution in [1.29, 1.82) is 0 Å². The van der Waals surface area contributed by atoms with Crippen LogP contribution in [0.3, 0.4) is 0 Å². The molecular formula is C14H19NO2P2. The van der Waals surface area contributed by atoms with Crippen LogP contribution >= 0.6 is 15.8 Å². The highest BCUT2D eigenvalue weighted by molar-refractivity contribution is 7.63. The van der Waals surface area contributed by atoms with Crippen LogP contribution in [-0.2, 0) is 9.59 Å². The van der Waals surface area contributed by atoms with Crippen LogP contribution in [0.4, 0.5) is 5.69 Å². The largest absolute Gasteiger partial charge is 0.273 e. The summed E-state index contributed by atoms with van der Waals surface area (Å²) in [5, 5.41) is 0. The summed E-state index contributed by atoms with van der Waals surface area (Å²) < 4.78 is 0. The summed E-state index contributed by atoms with van der Waals surface area (Å²) in [6.07, 6.45) is 0. The number of benzene rings is 1. The molecule has 1 heterocycles. The average molecular weight is 295 g/mol. The lowest BCUT2D eigenvalue weighted by atomic mass is 10.3. The number of carbonyl (C=O) groups is 2. The average Bonchev–Trinajstić information content (AvgIpc) is 2.62. The summed E-state index contributed by atoms with van der Waals surface area (Å²) in [5.41, 5.74) is 0.492. The molecule has 2 atom stereocenters. The van der Waals surface area contributed by atoms with Gasteiger partial charge in [-0.1, -0.05) is 34.0 Å². The van der Waals surface area contributed by atoms with Gasteiger partial charge in [0.15, 0.2) is 0 Å². The molecule has 3 nitrogen and oxygen atoms in total. The van der Waals surface area contributed by atoms with Gasteiger partial charge in [0, 0.05) is 0 Å². The van der Waals surface area contributed by atoms with E-state index in [0.717, 1.165) is 0 Å². The van der Waals surface area contributed by atoms with E-state index in [-0.39, 0.29) is 23.1 Å². The maximum atomic E-state index is 12.6. The van der Waals surface area contributed by atoms with E-state index < -0.39 is 15.8 Å². The van der Waals surface area contributed by atoms with Gasteiger partial charge in [0.25, 0.3) is 0 Å². The summed E-state index contributed by atoms with van der Waals surface area (Å²) in [5.74, 6) is -0.0120. The molecule has 102 valence electrons. The molecule has 0 aliphatic carbocycles. The smallest absolute Gasteiger partial charge is 0.242 e. The number of anilines is 1. The van der Waals surface area contributed by atoms with Crippen LogP contribution in [0.25, 0.3) is 0 Å². The fourth-order valence-corrected chi connectivity index (χ4v) is 6.58. The van der Waals surface area contributed by atoms with Gasteiger partial charge in [-0.25, -0.2) is 4.90 Å². The molecule has 0 saturated carbocycles. The van der Waals surface area contributed by atoms with Crippen LogP contribution in [0.1, 0.15) is 0 Å². The molecule has 0 bridgehead atoms. The van der Waals surface area contributed by atoms with E-state index in [1.54, 1.807) is 0 Å². The SMILES string of the molecule is CP(C)C1C(=O)N(c2ccccc2)C(=O)C1P(C)C. The topological polar surface area (TPSA) is 37.4 Å². The Bertz CT molecular complexity index is 461. The van der Waals surface area contributed by atoms with Gasteiger partial charge in [-0.15, -0.1) is 0 Å². The lowest BCUT2D eigenvalue weighted by molar-refractivity contribution is -0.121. The third-order valence-electron chi connectivity index (χ3n) is 3.37. The molecule has 2 unspecified atom stereocenters. The number of imide groups is 1. The molecule has 1 aromatic rings. The first kappa shape index (κ1) is 14.6. The zero-order valence-corrected chi connectivity index (χ0v) is 13.5. The van der Waals surface area contributed by atoms with E-state index in [2.05, 4.69) is 26.7 Å². The molecule has 0 spiro atoms. The number of nitrogens with zero attached hydrogens (tertiary/aromatic N) is 1. The number of amides is 2. The fraction of sp³-hybridized carbons (Fsp3) is 0.429. The summed E-state index contributed by atoms with van der Waals surface area (Å²) >= 11 is 0. The summed E-state index contributed by atoms with van der Waals surface area (Å²) in [7, 11) is -0.904. The van der Waals surface area contributed by atoms with E-state index in [1.807, 2.05) is 30.3 Å². The van der Waals surface area contributed by atoms with Crippen LogP contribution < -0.4 is 4.90 Å². The van der Waals surface area contributed by atoms with Crippen molar-refractivity contribution >= 4 is 33.3 Å². The van der Waals surface area contributed by atoms with Crippen molar-refractivity contribution in [1.82, 2.24) is 0 Å². The highest BCUT2D eigenvalue weighted by Crippen LogP contribution is 2.51. The van der Waals surface area contributed by atoms with Gasteiger partial charge in [-0.2, -0.15) is 0 Å². The van der Waals surface area contributed by atoms with Crippen LogP contribution in [-0.4, -0.2) is 49.8 Å². The first-order valence-electron chi connectivity index (χ1n) is 6.21. The third-order valence-corrected chi connectivity index (χ3v) is 6.87. The Morgan fingerprint density at radius 2 is 1.26 bits per heavy atom. The van der Waals surface area contributed by atoms with Gasteiger partial charge in [0.2, 0.25) is 11.8 Å². The number of carbonyl (C=O) groups excluding carboxylic acids is 2. The Hall–Kier alpha value is -0.780. The van der Waals surface area contributed by atoms with Crippen molar-refractivity contribution in [3.8, 4) is 0 Å². The highest BCUT2D eigenvalue weighted by Gasteiger charge is 2.50. The van der Waals surface area contributed by atoms with Gasteiger partial charge in [-0.3, -0.25) is 9.59 Å². The molecule has 2 amide bonds. The van der Waals surface area contributed by atoms with Crippen molar-refractivity contribution in [2.75, 3.05) is 31.6 Å². The molecular weight excluding hydrogens is 276 g/mol. The Morgan fingerprint density at radius 1 is 0.842 bits per heavy atom. The first-order chi connectivity index (χ1) is 8.95. The van der Waals surface area contributed by atoms with Crippen molar-refractivity contribution in [3.05, 3.63) is 30.3 Å². The monoisotopic (exact) mass is 295 g/mol. The van der Waals surface area contributed by atoms with E-state index >= 15 is 0 Å². The van der Waals surface area contributed by atoms with E-state index in [0.29, 0.717) is 5.69 Å². The fourth-order valence-electron chi connectivity index (χ4n) is 2.48. The Morgan fingerprint density at radius 3 is 1.63 bits per heavy atom. The maximum absolute atomic E-state index is 12.6. The minimum Gasteiger partial charge on any atom is -0.273 e. The molecule has 0 aromatic heterocycles. The molecule has 0 radical (unpaired) electrons. The second-order valence-corrected chi connectivity index (χ2v) is 10.1. The Labute approximate surface area is 116 Å². The number of rotatable bonds is 3. The molecule has 19 heavy (non-hydrogen) atoms.